The molecular weight excluding hydrogens is 321 g/mol. The predicted octanol–water partition coefficient (Wildman–Crippen LogP) is 3.59. The van der Waals surface area contributed by atoms with Gasteiger partial charge in [0.15, 0.2) is 0 Å². The normalized spacial score (nSPS) is 22.1. The van der Waals surface area contributed by atoms with Gasteiger partial charge >= 0.3 is 6.03 Å². The summed E-state index contributed by atoms with van der Waals surface area (Å²) < 4.78 is 19.0. The van der Waals surface area contributed by atoms with E-state index in [1.165, 1.54) is 12.3 Å². The number of carbonyl (C=O) groups excluding carboxylic acids is 1. The number of aryl methyl sites for hydroxylation is 1. The molecule has 1 aromatic heterocycles. The van der Waals surface area contributed by atoms with Crippen LogP contribution in [0, 0.1) is 12.7 Å². The SMILES string of the molecule is Cc1ccc(NC(=O)N2C3CCC2COC3)cc1-c1cncc(F)c1. The molecule has 5 nitrogen and oxygen atoms in total. The van der Waals surface area contributed by atoms with E-state index in [1.54, 1.807) is 6.20 Å². The van der Waals surface area contributed by atoms with Gasteiger partial charge in [-0.25, -0.2) is 9.18 Å². The number of fused-ring (bicyclic) bond motifs is 2. The zero-order valence-corrected chi connectivity index (χ0v) is 14.0. The van der Waals surface area contributed by atoms with Crippen molar-refractivity contribution in [3.05, 3.63) is 48.0 Å². The highest BCUT2D eigenvalue weighted by Gasteiger charge is 2.40. The molecule has 0 radical (unpaired) electrons. The molecule has 25 heavy (non-hydrogen) atoms. The maximum Gasteiger partial charge on any atom is 0.322 e. The highest BCUT2D eigenvalue weighted by atomic mass is 19.1. The number of halogens is 1. The molecule has 0 aliphatic carbocycles. The second kappa shape index (κ2) is 6.44. The Morgan fingerprint density at radius 2 is 2.00 bits per heavy atom. The van der Waals surface area contributed by atoms with Crippen LogP contribution in [0.3, 0.4) is 0 Å². The van der Waals surface area contributed by atoms with Crippen LogP contribution in [0.2, 0.25) is 0 Å². The molecule has 1 aromatic carbocycles. The van der Waals surface area contributed by atoms with Gasteiger partial charge in [-0.05, 0) is 49.1 Å². The topological polar surface area (TPSA) is 54.5 Å². The third kappa shape index (κ3) is 3.09. The van der Waals surface area contributed by atoms with Gasteiger partial charge in [-0.3, -0.25) is 4.98 Å². The Kier molecular flexibility index (Phi) is 4.13. The highest BCUT2D eigenvalue weighted by molar-refractivity contribution is 5.91. The first kappa shape index (κ1) is 16.0. The van der Waals surface area contributed by atoms with Crippen LogP contribution in [0.1, 0.15) is 18.4 Å². The summed E-state index contributed by atoms with van der Waals surface area (Å²) >= 11 is 0. The van der Waals surface area contributed by atoms with Crippen LogP contribution in [0.4, 0.5) is 14.9 Å². The maximum absolute atomic E-state index is 13.5. The smallest absolute Gasteiger partial charge is 0.322 e. The number of rotatable bonds is 2. The molecule has 1 N–H and O–H groups in total. The third-order valence-corrected chi connectivity index (χ3v) is 4.98. The van der Waals surface area contributed by atoms with Crippen molar-refractivity contribution in [2.75, 3.05) is 18.5 Å². The quantitative estimate of drug-likeness (QED) is 0.908. The fourth-order valence-corrected chi connectivity index (χ4v) is 3.72. The van der Waals surface area contributed by atoms with E-state index in [0.717, 1.165) is 24.0 Å². The van der Waals surface area contributed by atoms with Crippen molar-refractivity contribution in [1.82, 2.24) is 9.88 Å². The number of nitrogens with one attached hydrogen (secondary N) is 1. The van der Waals surface area contributed by atoms with Crippen molar-refractivity contribution in [3.63, 3.8) is 0 Å². The van der Waals surface area contributed by atoms with Crippen LogP contribution < -0.4 is 5.32 Å². The number of hydrogen-bond donors (Lipinski definition) is 1. The number of benzene rings is 1. The van der Waals surface area contributed by atoms with Crippen LogP contribution in [0.25, 0.3) is 11.1 Å². The molecule has 2 aromatic rings. The van der Waals surface area contributed by atoms with E-state index in [-0.39, 0.29) is 23.9 Å². The summed E-state index contributed by atoms with van der Waals surface area (Å²) in [6.45, 7) is 3.17. The molecule has 2 atom stereocenters. The van der Waals surface area contributed by atoms with Gasteiger partial charge in [0.2, 0.25) is 0 Å². The van der Waals surface area contributed by atoms with Crippen molar-refractivity contribution in [2.24, 2.45) is 0 Å². The minimum atomic E-state index is -0.378. The first-order chi connectivity index (χ1) is 12.1. The molecule has 6 heteroatoms. The molecule has 130 valence electrons. The lowest BCUT2D eigenvalue weighted by Crippen LogP contribution is -2.50. The van der Waals surface area contributed by atoms with Crippen molar-refractivity contribution < 1.29 is 13.9 Å². The third-order valence-electron chi connectivity index (χ3n) is 4.98. The van der Waals surface area contributed by atoms with E-state index in [2.05, 4.69) is 10.3 Å². The van der Waals surface area contributed by atoms with E-state index >= 15 is 0 Å². The van der Waals surface area contributed by atoms with Crippen LogP contribution in [-0.2, 0) is 4.74 Å². The zero-order valence-electron chi connectivity index (χ0n) is 14.0. The number of hydrogen-bond acceptors (Lipinski definition) is 3. The van der Waals surface area contributed by atoms with Crippen LogP contribution in [0.5, 0.6) is 0 Å². The largest absolute Gasteiger partial charge is 0.377 e. The Balaban J connectivity index is 1.57. The molecule has 2 amide bonds. The fraction of sp³-hybridized carbons (Fsp3) is 0.368. The van der Waals surface area contributed by atoms with Crippen LogP contribution >= 0.6 is 0 Å². The number of urea groups is 1. The number of morpholine rings is 1. The zero-order chi connectivity index (χ0) is 17.4. The molecule has 0 saturated carbocycles. The van der Waals surface area contributed by atoms with Gasteiger partial charge in [0.1, 0.15) is 5.82 Å². The molecular formula is C19H20FN3O2. The lowest BCUT2D eigenvalue weighted by atomic mass is 10.0. The second-order valence-corrected chi connectivity index (χ2v) is 6.68. The first-order valence-electron chi connectivity index (χ1n) is 8.50. The summed E-state index contributed by atoms with van der Waals surface area (Å²) in [4.78, 5) is 18.5. The Morgan fingerprint density at radius 3 is 2.72 bits per heavy atom. The van der Waals surface area contributed by atoms with Crippen molar-refractivity contribution >= 4 is 11.7 Å². The first-order valence-corrected chi connectivity index (χ1v) is 8.50. The van der Waals surface area contributed by atoms with Gasteiger partial charge in [0.25, 0.3) is 0 Å². The second-order valence-electron chi connectivity index (χ2n) is 6.68. The standard InChI is InChI=1S/C19H20FN3O2/c1-12-2-3-15(7-18(12)13-6-14(20)9-21-8-13)22-19(24)23-16-4-5-17(23)11-25-10-16/h2-3,6-9,16-17H,4-5,10-11H2,1H3,(H,22,24). The molecule has 2 aliphatic rings. The Bertz CT molecular complexity index is 795. The lowest BCUT2D eigenvalue weighted by molar-refractivity contribution is 0.00949. The van der Waals surface area contributed by atoms with Crippen molar-refractivity contribution in [1.29, 1.82) is 0 Å². The van der Waals surface area contributed by atoms with E-state index in [0.29, 0.717) is 24.5 Å². The Morgan fingerprint density at radius 1 is 1.24 bits per heavy atom. The lowest BCUT2D eigenvalue weighted by Gasteiger charge is -2.34. The molecule has 4 rings (SSSR count). The van der Waals surface area contributed by atoms with E-state index in [4.69, 9.17) is 4.74 Å². The van der Waals surface area contributed by atoms with Gasteiger partial charge < -0.3 is 15.0 Å². The summed E-state index contributed by atoms with van der Waals surface area (Å²) in [6, 6.07) is 7.33. The molecule has 2 bridgehead atoms. The van der Waals surface area contributed by atoms with E-state index in [1.807, 2.05) is 30.0 Å². The Labute approximate surface area is 145 Å². The minimum Gasteiger partial charge on any atom is -0.377 e. The maximum atomic E-state index is 13.5. The van der Waals surface area contributed by atoms with Crippen molar-refractivity contribution in [3.8, 4) is 11.1 Å². The van der Waals surface area contributed by atoms with E-state index in [9.17, 15) is 9.18 Å². The summed E-state index contributed by atoms with van der Waals surface area (Å²) in [5.41, 5.74) is 3.24. The number of aromatic nitrogens is 1. The number of amides is 2. The summed E-state index contributed by atoms with van der Waals surface area (Å²) in [7, 11) is 0. The summed E-state index contributed by atoms with van der Waals surface area (Å²) in [5, 5.41) is 2.98. The Hall–Kier alpha value is -2.47. The van der Waals surface area contributed by atoms with Gasteiger partial charge in [-0.1, -0.05) is 6.07 Å². The average Bonchev–Trinajstić information content (AvgIpc) is 2.86. The van der Waals surface area contributed by atoms with Gasteiger partial charge in [0.05, 0.1) is 31.5 Å². The van der Waals surface area contributed by atoms with Gasteiger partial charge in [0, 0.05) is 17.4 Å². The average molecular weight is 341 g/mol. The fourth-order valence-electron chi connectivity index (χ4n) is 3.72. The van der Waals surface area contributed by atoms with Gasteiger partial charge in [-0.2, -0.15) is 0 Å². The molecule has 3 heterocycles. The number of nitrogens with zero attached hydrogens (tertiary/aromatic N) is 2. The summed E-state index contributed by atoms with van der Waals surface area (Å²) in [6.07, 6.45) is 4.79. The number of pyridine rings is 1. The van der Waals surface area contributed by atoms with E-state index < -0.39 is 0 Å². The molecule has 2 aliphatic heterocycles. The molecule has 0 spiro atoms. The van der Waals surface area contributed by atoms with Crippen molar-refractivity contribution in [2.45, 2.75) is 31.8 Å². The minimum absolute atomic E-state index is 0.0945. The molecule has 2 unspecified atom stereocenters. The number of ether oxygens (including phenoxy) is 1. The predicted molar refractivity (Wildman–Crippen MR) is 92.9 cm³/mol. The van der Waals surface area contributed by atoms with Gasteiger partial charge in [-0.15, -0.1) is 0 Å². The monoisotopic (exact) mass is 341 g/mol. The number of anilines is 1. The number of carbonyl (C=O) groups is 1. The van der Waals surface area contributed by atoms with Crippen LogP contribution in [-0.4, -0.2) is 41.2 Å². The van der Waals surface area contributed by atoms with Crippen LogP contribution in [0.15, 0.2) is 36.7 Å². The molecule has 2 fully saturated rings. The highest BCUT2D eigenvalue weighted by Crippen LogP contribution is 2.30. The summed E-state index contributed by atoms with van der Waals surface area (Å²) in [5.74, 6) is -0.378. The molecule has 2 saturated heterocycles.